The van der Waals surface area contributed by atoms with Gasteiger partial charge in [-0.25, -0.2) is 14.4 Å². The Balaban J connectivity index is 1.57. The minimum Gasteiger partial charge on any atom is -0.456 e. The number of benzene rings is 1. The summed E-state index contributed by atoms with van der Waals surface area (Å²) in [5.74, 6) is -4.57. The first-order chi connectivity index (χ1) is 28.8. The Morgan fingerprint density at radius 1 is 0.984 bits per heavy atom. The van der Waals surface area contributed by atoms with E-state index in [1.807, 2.05) is 20.8 Å². The predicted molar refractivity (Wildman–Crippen MR) is 220 cm³/mol. The minimum atomic E-state index is -2.23. The van der Waals surface area contributed by atoms with Crippen molar-refractivity contribution in [2.24, 2.45) is 22.7 Å². The number of aliphatic hydroxyl groups excluding tert-OH is 1. The molecule has 1 aromatic rings. The zero-order valence-corrected chi connectivity index (χ0v) is 37.6. The molecule has 0 aromatic heterocycles. The molecule has 2 saturated heterocycles. The van der Waals surface area contributed by atoms with Crippen molar-refractivity contribution < 1.29 is 72.1 Å². The minimum absolute atomic E-state index is 0.0926. The van der Waals surface area contributed by atoms with E-state index in [-0.39, 0.29) is 30.9 Å². The monoisotopic (exact) mass is 869 g/mol. The van der Waals surface area contributed by atoms with Gasteiger partial charge in [0.15, 0.2) is 24.1 Å². The van der Waals surface area contributed by atoms with Crippen molar-refractivity contribution in [1.29, 1.82) is 0 Å². The molecule has 16 heteroatoms. The Morgan fingerprint density at radius 2 is 1.65 bits per heavy atom. The van der Waals surface area contributed by atoms with Crippen LogP contribution in [0.2, 0.25) is 0 Å². The number of esters is 4. The summed E-state index contributed by atoms with van der Waals surface area (Å²) >= 11 is 0. The maximum Gasteiger partial charge on any atom is 0.407 e. The number of amides is 1. The molecule has 62 heavy (non-hydrogen) atoms. The maximum atomic E-state index is 14.4. The lowest BCUT2D eigenvalue weighted by atomic mass is 9.44. The van der Waals surface area contributed by atoms with Crippen LogP contribution in [0.1, 0.15) is 106 Å². The first-order valence-corrected chi connectivity index (χ1v) is 21.3. The molecule has 0 spiro atoms. The van der Waals surface area contributed by atoms with Gasteiger partial charge in [0.1, 0.15) is 35.6 Å². The van der Waals surface area contributed by atoms with E-state index in [0.717, 1.165) is 0 Å². The van der Waals surface area contributed by atoms with Crippen LogP contribution < -0.4 is 5.32 Å². The van der Waals surface area contributed by atoms with Crippen molar-refractivity contribution in [2.45, 2.75) is 167 Å². The summed E-state index contributed by atoms with van der Waals surface area (Å²) in [6, 6.07) is 7.04. The Labute approximate surface area is 362 Å². The zero-order valence-electron chi connectivity index (χ0n) is 37.6. The molecule has 0 radical (unpaired) electrons. The van der Waals surface area contributed by atoms with Crippen LogP contribution in [0.15, 0.2) is 54.1 Å². The molecular formula is C46H63NO15. The fourth-order valence-electron chi connectivity index (χ4n) is 10.7. The summed E-state index contributed by atoms with van der Waals surface area (Å²) in [6.07, 6.45) is -9.36. The second-order valence-electron chi connectivity index (χ2n) is 19.5. The van der Waals surface area contributed by atoms with E-state index in [1.165, 1.54) is 19.9 Å². The largest absolute Gasteiger partial charge is 0.456 e. The first kappa shape index (κ1) is 47.1. The topological polar surface area (TPSA) is 212 Å². The van der Waals surface area contributed by atoms with Crippen molar-refractivity contribution >= 4 is 30.0 Å². The number of hydrogen-bond acceptors (Lipinski definition) is 15. The number of aliphatic hydroxyl groups is 2. The molecule has 6 rings (SSSR count). The van der Waals surface area contributed by atoms with Crippen molar-refractivity contribution in [1.82, 2.24) is 5.32 Å². The zero-order chi connectivity index (χ0) is 45.9. The average Bonchev–Trinajstić information content (AvgIpc) is 3.15. The SMILES string of the molecule is C=C[C@@H]1O[C@H]2C[C@H]3OC[C@@]3(OC(C)=O)[C@H]3[C@H](OC(=O)c4ccccc4)[C@]4(O)C[C@H](OC(=O)[C@H](O)[C@H](CC(C)C)NC(=O)OC(C)(C)C)C(C)=C([C@H](OC(C)=O)[C@H](O1)[C@]23C)C4(C)C. The Kier molecular flexibility index (Phi) is 12.9. The van der Waals surface area contributed by atoms with Crippen LogP contribution >= 0.6 is 0 Å². The third kappa shape index (κ3) is 8.28. The predicted octanol–water partition coefficient (Wildman–Crippen LogP) is 4.87. The summed E-state index contributed by atoms with van der Waals surface area (Å²) < 4.78 is 50.2. The van der Waals surface area contributed by atoms with Crippen LogP contribution in [0.25, 0.3) is 0 Å². The maximum absolute atomic E-state index is 14.4. The summed E-state index contributed by atoms with van der Waals surface area (Å²) in [4.78, 5) is 68.1. The van der Waals surface area contributed by atoms with Crippen LogP contribution in [-0.4, -0.2) is 119 Å². The lowest BCUT2D eigenvalue weighted by Crippen LogP contribution is -2.83. The Morgan fingerprint density at radius 3 is 2.19 bits per heavy atom. The third-order valence-corrected chi connectivity index (χ3v) is 13.4. The second kappa shape index (κ2) is 17.0. The van der Waals surface area contributed by atoms with Gasteiger partial charge in [-0.1, -0.05) is 59.4 Å². The average molecular weight is 870 g/mol. The van der Waals surface area contributed by atoms with Crippen LogP contribution in [0.4, 0.5) is 4.79 Å². The highest BCUT2D eigenvalue weighted by atomic mass is 16.7. The molecule has 13 atom stereocenters. The number of carbonyl (C=O) groups is 5. The van der Waals surface area contributed by atoms with E-state index in [4.69, 9.17) is 37.9 Å². The molecule has 0 unspecified atom stereocenters. The Bertz CT molecular complexity index is 1960. The molecule has 2 heterocycles. The fourth-order valence-corrected chi connectivity index (χ4v) is 10.7. The van der Waals surface area contributed by atoms with Gasteiger partial charge in [0.25, 0.3) is 0 Å². The first-order valence-electron chi connectivity index (χ1n) is 21.3. The van der Waals surface area contributed by atoms with E-state index >= 15 is 0 Å². The van der Waals surface area contributed by atoms with Crippen molar-refractivity contribution in [3.8, 4) is 0 Å². The highest BCUT2D eigenvalue weighted by Crippen LogP contribution is 2.67. The van der Waals surface area contributed by atoms with Crippen LogP contribution in [0, 0.1) is 22.7 Å². The number of fused-ring (bicyclic) bond motifs is 4. The number of ether oxygens (including phenoxy) is 8. The van der Waals surface area contributed by atoms with Gasteiger partial charge in [0.2, 0.25) is 0 Å². The van der Waals surface area contributed by atoms with Gasteiger partial charge in [-0.2, -0.15) is 0 Å². The quantitative estimate of drug-likeness (QED) is 0.154. The highest BCUT2D eigenvalue weighted by Gasteiger charge is 2.79. The molecule has 342 valence electrons. The lowest BCUT2D eigenvalue weighted by Gasteiger charge is -2.71. The summed E-state index contributed by atoms with van der Waals surface area (Å²) in [7, 11) is 0. The van der Waals surface area contributed by atoms with E-state index in [9.17, 15) is 34.2 Å². The Hall–Kier alpha value is -4.35. The summed E-state index contributed by atoms with van der Waals surface area (Å²) in [5.41, 5.74) is -6.65. The van der Waals surface area contributed by atoms with Crippen LogP contribution in [0.3, 0.4) is 0 Å². The van der Waals surface area contributed by atoms with Crippen molar-refractivity contribution in [3.05, 3.63) is 59.7 Å². The van der Waals surface area contributed by atoms with E-state index in [1.54, 1.807) is 71.9 Å². The van der Waals surface area contributed by atoms with E-state index in [2.05, 4.69) is 11.9 Å². The number of hydrogen-bond donors (Lipinski definition) is 3. The molecule has 3 aliphatic carbocycles. The van der Waals surface area contributed by atoms with Gasteiger partial charge in [-0.15, -0.1) is 0 Å². The lowest BCUT2D eigenvalue weighted by molar-refractivity contribution is -0.405. The molecule has 1 aromatic carbocycles. The molecule has 2 saturated carbocycles. The molecule has 2 bridgehead atoms. The van der Waals surface area contributed by atoms with Gasteiger partial charge in [-0.05, 0) is 69.4 Å². The number of rotatable bonds is 11. The summed E-state index contributed by atoms with van der Waals surface area (Å²) in [6.45, 7) is 21.9. The molecule has 16 nitrogen and oxygen atoms in total. The molecule has 3 N–H and O–H groups in total. The van der Waals surface area contributed by atoms with Gasteiger partial charge in [-0.3, -0.25) is 9.59 Å². The molecule has 4 fully saturated rings. The summed E-state index contributed by atoms with van der Waals surface area (Å²) in [5, 5.41) is 28.1. The number of alkyl carbamates (subject to hydrolysis) is 1. The number of nitrogens with one attached hydrogen (secondary N) is 1. The van der Waals surface area contributed by atoms with Crippen molar-refractivity contribution in [2.75, 3.05) is 6.61 Å². The van der Waals surface area contributed by atoms with E-state index in [0.29, 0.717) is 11.1 Å². The van der Waals surface area contributed by atoms with Gasteiger partial charge in [0, 0.05) is 37.5 Å². The van der Waals surface area contributed by atoms with Crippen molar-refractivity contribution in [3.63, 3.8) is 0 Å². The molecular weight excluding hydrogens is 806 g/mol. The highest BCUT2D eigenvalue weighted by molar-refractivity contribution is 5.89. The van der Waals surface area contributed by atoms with Crippen LogP contribution in [0.5, 0.6) is 0 Å². The van der Waals surface area contributed by atoms with Gasteiger partial charge < -0.3 is 53.4 Å². The molecule has 2 aliphatic heterocycles. The smallest absolute Gasteiger partial charge is 0.407 e. The standard InChI is InChI=1S/C46H63NO15/c1-13-32-58-30-20-31-45(22-55-31,61-26(6)49)36-38(60-39(51)27-17-15-14-16-18-27)46(54)21-29(57-40(52)34(50)28(19-23(2)3)47-41(53)62-42(7,8)9)24(4)33(43(46,10)11)35(56-25(5)48)37(59-32)44(30,36)12/h13-18,23,28-32,34-38,50,54H,1,19-22H2,2-12H3,(H,47,53)/t28-,29-,30-,31+,32+,34+,35-,36-,37-,38-,44+,45-,46+/m0/s1. The second-order valence-corrected chi connectivity index (χ2v) is 19.5. The van der Waals surface area contributed by atoms with Gasteiger partial charge >= 0.3 is 30.0 Å². The molecule has 1 amide bonds. The van der Waals surface area contributed by atoms with E-state index < -0.39 is 125 Å². The third-order valence-electron chi connectivity index (χ3n) is 13.4. The van der Waals surface area contributed by atoms with Crippen LogP contribution in [-0.2, 0) is 52.3 Å². The fraction of sp³-hybridized carbons (Fsp3) is 0.674. The van der Waals surface area contributed by atoms with Gasteiger partial charge in [0.05, 0.1) is 30.2 Å². The normalized spacial score (nSPS) is 35.5. The number of carbonyl (C=O) groups excluding carboxylic acids is 5. The molecule has 5 aliphatic rings.